The van der Waals surface area contributed by atoms with Gasteiger partial charge >= 0.3 is 0 Å². The van der Waals surface area contributed by atoms with Crippen molar-refractivity contribution in [2.45, 2.75) is 47.0 Å². The summed E-state index contributed by atoms with van der Waals surface area (Å²) in [5.74, 6) is -0.286. The van der Waals surface area contributed by atoms with Gasteiger partial charge < -0.3 is 4.90 Å². The number of likely N-dealkylation sites (N-methyl/N-ethyl adjacent to an activating group) is 1. The largest absolute Gasteiger partial charge is 0.341 e. The van der Waals surface area contributed by atoms with Crippen molar-refractivity contribution in [3.8, 4) is 5.69 Å². The molecular formula is C27H30N4O4. The normalized spacial score (nSPS) is 14.5. The summed E-state index contributed by atoms with van der Waals surface area (Å²) in [5, 5.41) is 16.5. The van der Waals surface area contributed by atoms with Gasteiger partial charge in [0.2, 0.25) is 0 Å². The standard InChI is InChI=1S/C27H30N4O4/c1-17-6-8-19(9-7-17)12-13-29(5)26(33)20-10-11-21(22(14-20)31(34)35)30-23-15-27(3,4)16-24(32)25(23)18(2)28-30/h6-11,14H,12-13,15-16H2,1-5H3. The minimum atomic E-state index is -0.502. The highest BCUT2D eigenvalue weighted by Crippen LogP contribution is 2.38. The lowest BCUT2D eigenvalue weighted by molar-refractivity contribution is -0.384. The molecular weight excluding hydrogens is 444 g/mol. The van der Waals surface area contributed by atoms with Gasteiger partial charge in [0, 0.05) is 31.6 Å². The molecule has 8 nitrogen and oxygen atoms in total. The zero-order valence-electron chi connectivity index (χ0n) is 20.8. The Morgan fingerprint density at radius 3 is 2.49 bits per heavy atom. The topological polar surface area (TPSA) is 98.3 Å². The van der Waals surface area contributed by atoms with Crippen molar-refractivity contribution >= 4 is 17.4 Å². The Morgan fingerprint density at radius 2 is 1.83 bits per heavy atom. The smallest absolute Gasteiger partial charge is 0.295 e. The number of carbonyl (C=O) groups is 2. The molecule has 2 aromatic carbocycles. The second-order valence-corrected chi connectivity index (χ2v) is 10.2. The van der Waals surface area contributed by atoms with Gasteiger partial charge in [0.15, 0.2) is 5.78 Å². The molecule has 3 aromatic rings. The third kappa shape index (κ3) is 4.87. The number of nitrogens with zero attached hydrogens (tertiary/aromatic N) is 4. The molecule has 0 N–H and O–H groups in total. The molecule has 0 fully saturated rings. The van der Waals surface area contributed by atoms with Crippen molar-refractivity contribution in [3.63, 3.8) is 0 Å². The van der Waals surface area contributed by atoms with Crippen molar-refractivity contribution in [2.24, 2.45) is 5.41 Å². The number of aromatic nitrogens is 2. The summed E-state index contributed by atoms with van der Waals surface area (Å²) < 4.78 is 1.51. The number of nitro groups is 1. The molecule has 1 aliphatic carbocycles. The van der Waals surface area contributed by atoms with E-state index in [1.165, 1.54) is 16.3 Å². The van der Waals surface area contributed by atoms with Crippen molar-refractivity contribution < 1.29 is 14.5 Å². The molecule has 0 atom stereocenters. The lowest BCUT2D eigenvalue weighted by Crippen LogP contribution is -2.29. The highest BCUT2D eigenvalue weighted by atomic mass is 16.6. The van der Waals surface area contributed by atoms with Gasteiger partial charge in [-0.25, -0.2) is 4.68 Å². The molecule has 4 rings (SSSR count). The van der Waals surface area contributed by atoms with Gasteiger partial charge in [0.25, 0.3) is 11.6 Å². The highest BCUT2D eigenvalue weighted by Gasteiger charge is 2.37. The maximum atomic E-state index is 13.0. The number of nitro benzene ring substituents is 1. The summed E-state index contributed by atoms with van der Waals surface area (Å²) in [7, 11) is 1.69. The van der Waals surface area contributed by atoms with Gasteiger partial charge in [-0.2, -0.15) is 5.10 Å². The van der Waals surface area contributed by atoms with E-state index in [0.29, 0.717) is 42.8 Å². The number of hydrogen-bond donors (Lipinski definition) is 0. The number of Topliss-reactive ketones (excluding diaryl/α,β-unsaturated/α-hetero) is 1. The van der Waals surface area contributed by atoms with Crippen molar-refractivity contribution in [3.05, 3.63) is 86.2 Å². The predicted octanol–water partition coefficient (Wildman–Crippen LogP) is 4.87. The summed E-state index contributed by atoms with van der Waals surface area (Å²) in [4.78, 5) is 38.9. The number of rotatable bonds is 6. The Hall–Kier alpha value is -3.81. The van der Waals surface area contributed by atoms with Crippen molar-refractivity contribution in [1.29, 1.82) is 0 Å². The van der Waals surface area contributed by atoms with E-state index in [-0.39, 0.29) is 34.0 Å². The molecule has 0 spiro atoms. The Balaban J connectivity index is 1.64. The van der Waals surface area contributed by atoms with E-state index < -0.39 is 4.92 Å². The van der Waals surface area contributed by atoms with E-state index >= 15 is 0 Å². The minimum absolute atomic E-state index is 0.00431. The maximum Gasteiger partial charge on any atom is 0.295 e. The SMILES string of the molecule is Cc1ccc(CCN(C)C(=O)c2ccc(-n3nc(C)c4c3CC(C)(C)CC4=O)c([N+](=O)[O-])c2)cc1. The lowest BCUT2D eigenvalue weighted by Gasteiger charge is -2.29. The fraction of sp³-hybridized carbons (Fsp3) is 0.370. The second-order valence-electron chi connectivity index (χ2n) is 10.2. The average Bonchev–Trinajstić information content (AvgIpc) is 3.12. The molecule has 1 heterocycles. The van der Waals surface area contributed by atoms with E-state index in [1.54, 1.807) is 31.0 Å². The molecule has 0 saturated heterocycles. The summed E-state index contributed by atoms with van der Waals surface area (Å²) in [5.41, 5.74) is 4.09. The third-order valence-corrected chi connectivity index (χ3v) is 6.57. The second kappa shape index (κ2) is 9.09. The van der Waals surface area contributed by atoms with E-state index in [0.717, 1.165) is 5.56 Å². The quantitative estimate of drug-likeness (QED) is 0.375. The van der Waals surface area contributed by atoms with E-state index in [1.807, 2.05) is 45.0 Å². The summed E-state index contributed by atoms with van der Waals surface area (Å²) >= 11 is 0. The number of ketones is 1. The third-order valence-electron chi connectivity index (χ3n) is 6.57. The molecule has 0 aliphatic heterocycles. The number of hydrogen-bond acceptors (Lipinski definition) is 5. The summed E-state index contributed by atoms with van der Waals surface area (Å²) in [6.45, 7) is 8.26. The number of benzene rings is 2. The van der Waals surface area contributed by atoms with Crippen LogP contribution in [0.25, 0.3) is 5.69 Å². The highest BCUT2D eigenvalue weighted by molar-refractivity contribution is 6.00. The summed E-state index contributed by atoms with van der Waals surface area (Å²) in [6, 6.07) is 12.6. The number of amides is 1. The van der Waals surface area contributed by atoms with Crippen LogP contribution in [-0.4, -0.2) is 44.9 Å². The van der Waals surface area contributed by atoms with Crippen LogP contribution in [0, 0.1) is 29.4 Å². The molecule has 35 heavy (non-hydrogen) atoms. The lowest BCUT2D eigenvalue weighted by atomic mass is 9.75. The van der Waals surface area contributed by atoms with Crippen LogP contribution in [0.15, 0.2) is 42.5 Å². The van der Waals surface area contributed by atoms with Gasteiger partial charge in [-0.05, 0) is 49.8 Å². The minimum Gasteiger partial charge on any atom is -0.341 e. The maximum absolute atomic E-state index is 13.0. The van der Waals surface area contributed by atoms with E-state index in [9.17, 15) is 19.7 Å². The first-order valence-corrected chi connectivity index (χ1v) is 11.7. The van der Waals surface area contributed by atoms with Crippen LogP contribution < -0.4 is 0 Å². The molecule has 0 radical (unpaired) electrons. The van der Waals surface area contributed by atoms with Crippen LogP contribution in [0.1, 0.15) is 63.5 Å². The van der Waals surface area contributed by atoms with Crippen LogP contribution in [0.3, 0.4) is 0 Å². The van der Waals surface area contributed by atoms with Crippen LogP contribution in [-0.2, 0) is 12.8 Å². The van der Waals surface area contributed by atoms with Crippen LogP contribution in [0.2, 0.25) is 0 Å². The Kier molecular flexibility index (Phi) is 6.32. The average molecular weight is 475 g/mol. The van der Waals surface area contributed by atoms with Gasteiger partial charge in [-0.15, -0.1) is 0 Å². The zero-order valence-corrected chi connectivity index (χ0v) is 20.8. The molecule has 1 aliphatic rings. The van der Waals surface area contributed by atoms with Gasteiger partial charge in [0.05, 0.1) is 21.9 Å². The van der Waals surface area contributed by atoms with Crippen LogP contribution in [0.5, 0.6) is 0 Å². The monoisotopic (exact) mass is 474 g/mol. The van der Waals surface area contributed by atoms with E-state index in [2.05, 4.69) is 5.10 Å². The van der Waals surface area contributed by atoms with E-state index in [4.69, 9.17) is 0 Å². The Morgan fingerprint density at radius 1 is 1.14 bits per heavy atom. The first kappa shape index (κ1) is 24.3. The fourth-order valence-corrected chi connectivity index (χ4v) is 4.69. The van der Waals surface area contributed by atoms with Gasteiger partial charge in [-0.1, -0.05) is 43.7 Å². The van der Waals surface area contributed by atoms with Crippen molar-refractivity contribution in [2.75, 3.05) is 13.6 Å². The molecule has 182 valence electrons. The summed E-state index contributed by atoms with van der Waals surface area (Å²) in [6.07, 6.45) is 1.68. The van der Waals surface area contributed by atoms with Crippen LogP contribution in [0.4, 0.5) is 5.69 Å². The van der Waals surface area contributed by atoms with Crippen LogP contribution >= 0.6 is 0 Å². The fourth-order valence-electron chi connectivity index (χ4n) is 4.69. The molecule has 1 amide bonds. The molecule has 1 aromatic heterocycles. The molecule has 0 bridgehead atoms. The van der Waals surface area contributed by atoms with Crippen molar-refractivity contribution in [1.82, 2.24) is 14.7 Å². The number of carbonyl (C=O) groups excluding carboxylic acids is 2. The molecule has 0 saturated carbocycles. The first-order valence-electron chi connectivity index (χ1n) is 11.7. The van der Waals surface area contributed by atoms with Gasteiger partial charge in [0.1, 0.15) is 5.69 Å². The Bertz CT molecular complexity index is 1320. The molecule has 8 heteroatoms. The zero-order chi connectivity index (χ0) is 25.5. The predicted molar refractivity (Wildman–Crippen MR) is 133 cm³/mol. The number of aryl methyl sites for hydroxylation is 2. The van der Waals surface area contributed by atoms with Gasteiger partial charge in [-0.3, -0.25) is 19.7 Å². The first-order chi connectivity index (χ1) is 16.5. The number of fused-ring (bicyclic) bond motifs is 1. The molecule has 0 unspecified atom stereocenters. The Labute approximate surface area is 204 Å².